The van der Waals surface area contributed by atoms with Gasteiger partial charge in [-0.15, -0.1) is 0 Å². The van der Waals surface area contributed by atoms with Gasteiger partial charge in [-0.3, -0.25) is 4.55 Å². The average molecular weight is 747 g/mol. The molecule has 5 rings (SSSR count). The molecule has 3 nitrogen and oxygen atoms in total. The van der Waals surface area contributed by atoms with Gasteiger partial charge in [-0.25, -0.2) is 0 Å². The zero-order valence-corrected chi connectivity index (χ0v) is 35.5. The van der Waals surface area contributed by atoms with Crippen molar-refractivity contribution in [2.75, 3.05) is 0 Å². The minimum atomic E-state index is -4.55. The number of benzene rings is 5. The van der Waals surface area contributed by atoms with Crippen LogP contribution in [0.5, 0.6) is 0 Å². The van der Waals surface area contributed by atoms with Gasteiger partial charge in [-0.2, -0.15) is 8.42 Å². The zero-order chi connectivity index (χ0) is 38.9. The maximum absolute atomic E-state index is 13.3. The highest BCUT2D eigenvalue weighted by Gasteiger charge is 2.33. The Morgan fingerprint density at radius 2 is 0.849 bits per heavy atom. The topological polar surface area (TPSA) is 54.4 Å². The van der Waals surface area contributed by atoms with Crippen molar-refractivity contribution in [3.63, 3.8) is 0 Å². The summed E-state index contributed by atoms with van der Waals surface area (Å²) >= 11 is 0. The van der Waals surface area contributed by atoms with E-state index < -0.39 is 18.0 Å². The minimum absolute atomic E-state index is 0.0395. The zero-order valence-electron chi connectivity index (χ0n) is 33.8. The standard InChI is InChI=1S/C48H59O3PS/c1-29(2)35-25-40(31(5)6)46(41(26-35)32(7)8)38-21-18-22-39(47-42(33(9)10)27-36(30(3)4)28-43(47)34(11)12)48(38)52(37-19-14-13-15-20-37)44-23-16-17-24-45(44)53(49,50)51/h13-34H,1-12H3,(H,49,50,51). The Labute approximate surface area is 321 Å². The maximum atomic E-state index is 13.3. The molecule has 0 amide bonds. The SMILES string of the molecule is CC(C)c1cc(C(C)C)c(-c2cccc(-c3c(C(C)C)cc(C(C)C)cc3C(C)C)c2P(c2ccccc2)c2ccccc2S(=O)(=O)O)c(C(C)C)c1. The van der Waals surface area contributed by atoms with E-state index in [-0.39, 0.29) is 28.6 Å². The van der Waals surface area contributed by atoms with Gasteiger partial charge in [0.15, 0.2) is 0 Å². The summed E-state index contributed by atoms with van der Waals surface area (Å²) in [5.41, 5.74) is 12.6. The molecular formula is C48H59O3PS. The quantitative estimate of drug-likeness (QED) is 0.102. The second kappa shape index (κ2) is 16.4. The summed E-state index contributed by atoms with van der Waals surface area (Å²) in [6, 6.07) is 33.7. The highest BCUT2D eigenvalue weighted by atomic mass is 32.2. The fourth-order valence-corrected chi connectivity index (χ4v) is 11.4. The molecule has 1 atom stereocenters. The molecule has 1 N–H and O–H groups in total. The van der Waals surface area contributed by atoms with Gasteiger partial charge in [0, 0.05) is 10.6 Å². The van der Waals surface area contributed by atoms with E-state index in [1.807, 2.05) is 30.3 Å². The van der Waals surface area contributed by atoms with Crippen LogP contribution in [0.25, 0.3) is 22.3 Å². The van der Waals surface area contributed by atoms with Crippen LogP contribution >= 0.6 is 7.92 Å². The molecule has 0 saturated carbocycles. The van der Waals surface area contributed by atoms with E-state index in [0.717, 1.165) is 21.7 Å². The Hall–Kier alpha value is -3.56. The molecule has 53 heavy (non-hydrogen) atoms. The van der Waals surface area contributed by atoms with E-state index in [4.69, 9.17) is 0 Å². The molecule has 0 heterocycles. The lowest BCUT2D eigenvalue weighted by atomic mass is 9.79. The Morgan fingerprint density at radius 3 is 1.21 bits per heavy atom. The van der Waals surface area contributed by atoms with Crippen LogP contribution in [0, 0.1) is 0 Å². The monoisotopic (exact) mass is 746 g/mol. The molecule has 0 spiro atoms. The van der Waals surface area contributed by atoms with Crippen molar-refractivity contribution in [2.45, 2.75) is 123 Å². The van der Waals surface area contributed by atoms with Crippen LogP contribution in [0.15, 0.2) is 102 Å². The van der Waals surface area contributed by atoms with E-state index >= 15 is 0 Å². The van der Waals surface area contributed by atoms with Crippen molar-refractivity contribution >= 4 is 34.0 Å². The van der Waals surface area contributed by atoms with Crippen LogP contribution in [0.2, 0.25) is 0 Å². The first-order valence-electron chi connectivity index (χ1n) is 19.3. The third kappa shape index (κ3) is 8.41. The van der Waals surface area contributed by atoms with E-state index in [1.165, 1.54) is 44.5 Å². The lowest BCUT2D eigenvalue weighted by Gasteiger charge is -2.32. The molecule has 0 aliphatic rings. The normalized spacial score (nSPS) is 13.0. The molecular weight excluding hydrogens is 688 g/mol. The largest absolute Gasteiger partial charge is 0.295 e. The number of hydrogen-bond donors (Lipinski definition) is 1. The van der Waals surface area contributed by atoms with Crippen LogP contribution in [0.1, 0.15) is 152 Å². The average Bonchev–Trinajstić information content (AvgIpc) is 3.10. The van der Waals surface area contributed by atoms with Gasteiger partial charge in [0.05, 0.1) is 0 Å². The highest BCUT2D eigenvalue weighted by molar-refractivity contribution is 7.88. The van der Waals surface area contributed by atoms with Gasteiger partial charge < -0.3 is 0 Å². The summed E-state index contributed by atoms with van der Waals surface area (Å²) in [7, 11) is -6.08. The van der Waals surface area contributed by atoms with Crippen molar-refractivity contribution in [1.82, 2.24) is 0 Å². The predicted molar refractivity (Wildman–Crippen MR) is 230 cm³/mol. The highest BCUT2D eigenvalue weighted by Crippen LogP contribution is 2.49. The molecule has 0 aromatic heterocycles. The molecule has 0 aliphatic heterocycles. The first kappa shape index (κ1) is 40.6. The van der Waals surface area contributed by atoms with E-state index in [0.29, 0.717) is 17.1 Å². The van der Waals surface area contributed by atoms with Crippen LogP contribution in [0.3, 0.4) is 0 Å². The minimum Gasteiger partial charge on any atom is -0.282 e. The lowest BCUT2D eigenvalue weighted by Crippen LogP contribution is -2.28. The summed E-state index contributed by atoms with van der Waals surface area (Å²) in [6.45, 7) is 27.3. The molecule has 5 aromatic rings. The fraction of sp³-hybridized carbons (Fsp3) is 0.375. The second-order valence-corrected chi connectivity index (χ2v) is 19.9. The van der Waals surface area contributed by atoms with Crippen LogP contribution in [0.4, 0.5) is 0 Å². The summed E-state index contributed by atoms with van der Waals surface area (Å²) < 4.78 is 37.3. The number of hydrogen-bond acceptors (Lipinski definition) is 2. The Bertz CT molecular complexity index is 2020. The molecule has 1 unspecified atom stereocenters. The van der Waals surface area contributed by atoms with Gasteiger partial charge in [-0.05, 0) is 110 Å². The van der Waals surface area contributed by atoms with Crippen molar-refractivity contribution in [1.29, 1.82) is 0 Å². The van der Waals surface area contributed by atoms with E-state index in [2.05, 4.69) is 138 Å². The summed E-state index contributed by atoms with van der Waals surface area (Å²) in [5, 5.41) is 2.77. The van der Waals surface area contributed by atoms with E-state index in [1.54, 1.807) is 12.1 Å². The number of rotatable bonds is 12. The molecule has 280 valence electrons. The van der Waals surface area contributed by atoms with Crippen LogP contribution < -0.4 is 15.9 Å². The van der Waals surface area contributed by atoms with Crippen LogP contribution in [-0.2, 0) is 10.1 Å². The maximum Gasteiger partial charge on any atom is 0.295 e. The van der Waals surface area contributed by atoms with Gasteiger partial charge in [-0.1, -0.05) is 174 Å². The molecule has 0 radical (unpaired) electrons. The lowest BCUT2D eigenvalue weighted by molar-refractivity contribution is 0.484. The van der Waals surface area contributed by atoms with Gasteiger partial charge in [0.1, 0.15) is 4.90 Å². The third-order valence-electron chi connectivity index (χ3n) is 10.5. The molecule has 5 aromatic carbocycles. The summed E-state index contributed by atoms with van der Waals surface area (Å²) in [5.74, 6) is 1.72. The van der Waals surface area contributed by atoms with Gasteiger partial charge in [0.2, 0.25) is 0 Å². The summed E-state index contributed by atoms with van der Waals surface area (Å²) in [4.78, 5) is -0.0395. The first-order chi connectivity index (χ1) is 24.9. The van der Waals surface area contributed by atoms with Crippen molar-refractivity contribution in [3.05, 3.63) is 130 Å². The Kier molecular flexibility index (Phi) is 12.6. The van der Waals surface area contributed by atoms with Gasteiger partial charge in [0.25, 0.3) is 10.1 Å². The molecule has 0 saturated heterocycles. The van der Waals surface area contributed by atoms with Crippen molar-refractivity contribution in [2.24, 2.45) is 0 Å². The first-order valence-corrected chi connectivity index (χ1v) is 22.1. The Morgan fingerprint density at radius 1 is 0.472 bits per heavy atom. The summed E-state index contributed by atoms with van der Waals surface area (Å²) in [6.07, 6.45) is 0. The fourth-order valence-electron chi connectivity index (χ4n) is 7.55. The van der Waals surface area contributed by atoms with Crippen molar-refractivity contribution in [3.8, 4) is 22.3 Å². The smallest absolute Gasteiger partial charge is 0.282 e. The second-order valence-electron chi connectivity index (χ2n) is 16.4. The molecule has 0 aliphatic carbocycles. The van der Waals surface area contributed by atoms with Crippen LogP contribution in [-0.4, -0.2) is 13.0 Å². The van der Waals surface area contributed by atoms with E-state index in [9.17, 15) is 13.0 Å². The third-order valence-corrected chi connectivity index (χ3v) is 14.1. The van der Waals surface area contributed by atoms with Gasteiger partial charge >= 0.3 is 0 Å². The molecule has 5 heteroatoms. The molecule has 0 bridgehead atoms. The Balaban J connectivity index is 2.13. The molecule has 0 fully saturated rings. The predicted octanol–water partition coefficient (Wildman–Crippen LogP) is 12.8. The van der Waals surface area contributed by atoms with Crippen molar-refractivity contribution < 1.29 is 13.0 Å².